The van der Waals surface area contributed by atoms with Gasteiger partial charge in [0.1, 0.15) is 17.2 Å². The van der Waals surface area contributed by atoms with Crippen molar-refractivity contribution in [1.29, 1.82) is 0 Å². The van der Waals surface area contributed by atoms with Gasteiger partial charge in [-0.2, -0.15) is 0 Å². The number of hydrogen-bond acceptors (Lipinski definition) is 4. The quantitative estimate of drug-likeness (QED) is 0.699. The Morgan fingerprint density at radius 2 is 1.91 bits per heavy atom. The fourth-order valence-corrected chi connectivity index (χ4v) is 4.12. The minimum Gasteiger partial charge on any atom is -0.503 e. The summed E-state index contributed by atoms with van der Waals surface area (Å²) in [5, 5.41) is 12.6. The van der Waals surface area contributed by atoms with Crippen LogP contribution in [0.2, 0.25) is 0 Å². The van der Waals surface area contributed by atoms with Crippen LogP contribution in [0, 0.1) is 18.6 Å². The third-order valence-corrected chi connectivity index (χ3v) is 5.76. The Hall–Kier alpha value is -3.37. The molecule has 3 heterocycles. The van der Waals surface area contributed by atoms with Gasteiger partial charge in [0.15, 0.2) is 11.4 Å². The number of fused-ring (bicyclic) bond motifs is 4. The summed E-state index contributed by atoms with van der Waals surface area (Å²) in [4.78, 5) is 38.9. The highest BCUT2D eigenvalue weighted by molar-refractivity contribution is 5.99. The van der Waals surface area contributed by atoms with Crippen LogP contribution in [-0.2, 0) is 6.54 Å². The maximum atomic E-state index is 14.1. The first-order valence-corrected chi connectivity index (χ1v) is 9.86. The zero-order valence-corrected chi connectivity index (χ0v) is 16.9. The van der Waals surface area contributed by atoms with Crippen molar-refractivity contribution in [2.75, 3.05) is 13.1 Å². The second-order valence-corrected chi connectivity index (χ2v) is 8.08. The highest BCUT2D eigenvalue weighted by Gasteiger charge is 2.44. The van der Waals surface area contributed by atoms with E-state index in [0.717, 1.165) is 27.8 Å². The van der Waals surface area contributed by atoms with E-state index in [9.17, 15) is 37.1 Å². The number of aryl methyl sites for hydroxylation is 1. The molecule has 11 heteroatoms. The zero-order chi connectivity index (χ0) is 23.4. The number of aromatic hydroxyl groups is 1. The summed E-state index contributed by atoms with van der Waals surface area (Å²) in [5.74, 6) is -7.75. The van der Waals surface area contributed by atoms with Crippen LogP contribution >= 0.6 is 0 Å². The molecule has 4 rings (SSSR count). The molecule has 1 atom stereocenters. The summed E-state index contributed by atoms with van der Waals surface area (Å²) in [6.07, 6.45) is -0.265. The van der Waals surface area contributed by atoms with Gasteiger partial charge in [0.25, 0.3) is 17.7 Å². The molecule has 2 aromatic rings. The molecule has 0 saturated carbocycles. The molecule has 1 aromatic carbocycles. The Balaban J connectivity index is 1.69. The third-order valence-electron chi connectivity index (χ3n) is 5.76. The Bertz CT molecular complexity index is 1170. The number of pyridine rings is 1. The zero-order valence-electron chi connectivity index (χ0n) is 16.9. The van der Waals surface area contributed by atoms with Gasteiger partial charge >= 0.3 is 0 Å². The van der Waals surface area contributed by atoms with Crippen molar-refractivity contribution in [3.63, 3.8) is 0 Å². The van der Waals surface area contributed by atoms with Crippen LogP contribution < -0.4 is 10.7 Å². The first kappa shape index (κ1) is 21.8. The van der Waals surface area contributed by atoms with Gasteiger partial charge in [-0.25, -0.2) is 17.6 Å². The maximum Gasteiger partial charge on any atom is 0.274 e. The molecule has 2 N–H and O–H groups in total. The summed E-state index contributed by atoms with van der Waals surface area (Å²) >= 11 is 0. The van der Waals surface area contributed by atoms with Crippen LogP contribution in [0.1, 0.15) is 50.9 Å². The van der Waals surface area contributed by atoms with Crippen molar-refractivity contribution < 1.29 is 32.3 Å². The first-order valence-electron chi connectivity index (χ1n) is 9.86. The van der Waals surface area contributed by atoms with Gasteiger partial charge in [-0.05, 0) is 24.6 Å². The second kappa shape index (κ2) is 7.64. The van der Waals surface area contributed by atoms with E-state index in [4.69, 9.17) is 0 Å². The number of hydrogen-bond donors (Lipinski definition) is 2. The highest BCUT2D eigenvalue weighted by atomic mass is 19.3. The van der Waals surface area contributed by atoms with Gasteiger partial charge < -0.3 is 19.9 Å². The van der Waals surface area contributed by atoms with Crippen LogP contribution in [0.3, 0.4) is 0 Å². The van der Waals surface area contributed by atoms with E-state index in [-0.39, 0.29) is 13.1 Å². The van der Waals surface area contributed by atoms with Crippen LogP contribution in [0.4, 0.5) is 17.6 Å². The highest BCUT2D eigenvalue weighted by Crippen LogP contribution is 2.38. The number of aromatic nitrogens is 1. The fourth-order valence-electron chi connectivity index (χ4n) is 4.12. The molecule has 0 spiro atoms. The van der Waals surface area contributed by atoms with Gasteiger partial charge in [0, 0.05) is 44.2 Å². The Morgan fingerprint density at radius 3 is 2.56 bits per heavy atom. The summed E-state index contributed by atoms with van der Waals surface area (Å²) in [6, 6.07) is 1.19. The van der Waals surface area contributed by atoms with Crippen LogP contribution in [-0.4, -0.2) is 45.4 Å². The van der Waals surface area contributed by atoms with E-state index < -0.39 is 82.8 Å². The predicted octanol–water partition coefficient (Wildman–Crippen LogP) is 2.50. The lowest BCUT2D eigenvalue weighted by molar-refractivity contribution is -0.0202. The predicted molar refractivity (Wildman–Crippen MR) is 104 cm³/mol. The lowest BCUT2D eigenvalue weighted by Crippen LogP contribution is -2.44. The van der Waals surface area contributed by atoms with Crippen molar-refractivity contribution in [3.8, 4) is 5.75 Å². The number of halogens is 4. The lowest BCUT2D eigenvalue weighted by Gasteiger charge is -2.34. The normalized spacial score (nSPS) is 19.3. The number of nitrogens with zero attached hydrogens (tertiary/aromatic N) is 2. The van der Waals surface area contributed by atoms with Gasteiger partial charge in [-0.3, -0.25) is 14.4 Å². The van der Waals surface area contributed by atoms with Gasteiger partial charge in [0.05, 0.1) is 6.04 Å². The lowest BCUT2D eigenvalue weighted by atomic mass is 10.0. The molecule has 170 valence electrons. The molecule has 0 aliphatic carbocycles. The number of nitrogens with one attached hydrogen (secondary N) is 1. The van der Waals surface area contributed by atoms with Gasteiger partial charge in [-0.15, -0.1) is 0 Å². The Kier molecular flexibility index (Phi) is 5.22. The number of amides is 2. The van der Waals surface area contributed by atoms with E-state index >= 15 is 0 Å². The second-order valence-electron chi connectivity index (χ2n) is 8.08. The topological polar surface area (TPSA) is 91.6 Å². The van der Waals surface area contributed by atoms with Crippen molar-refractivity contribution >= 4 is 11.8 Å². The van der Waals surface area contributed by atoms with Crippen molar-refractivity contribution in [2.45, 2.75) is 38.3 Å². The summed E-state index contributed by atoms with van der Waals surface area (Å²) in [6.45, 7) is 0.605. The minimum atomic E-state index is -3.08. The average Bonchev–Trinajstić information content (AvgIpc) is 2.84. The maximum absolute atomic E-state index is 14.1. The fraction of sp³-hybridized carbons (Fsp3) is 0.381. The number of rotatable bonds is 3. The SMILES string of the molecule is Cc1cc(F)c(CNC(=O)c2cn3c(c(O)c2=O)C(=O)N2CCC(F)(F)C[C@H]3C2)c(F)c1. The van der Waals surface area contributed by atoms with Gasteiger partial charge in [-0.1, -0.05) is 0 Å². The molecule has 0 unspecified atom stereocenters. The van der Waals surface area contributed by atoms with E-state index in [1.54, 1.807) is 0 Å². The van der Waals surface area contributed by atoms with Crippen molar-refractivity contribution in [2.24, 2.45) is 0 Å². The Labute approximate surface area is 179 Å². The summed E-state index contributed by atoms with van der Waals surface area (Å²) in [7, 11) is 0. The molecule has 1 saturated heterocycles. The minimum absolute atomic E-state index is 0.0649. The summed E-state index contributed by atoms with van der Waals surface area (Å²) in [5.41, 5.74) is -2.37. The molecule has 32 heavy (non-hydrogen) atoms. The molecule has 1 aromatic heterocycles. The van der Waals surface area contributed by atoms with Crippen molar-refractivity contribution in [1.82, 2.24) is 14.8 Å². The largest absolute Gasteiger partial charge is 0.503 e. The molecule has 0 radical (unpaired) electrons. The molecule has 2 amide bonds. The molecular weight excluding hydrogens is 434 g/mol. The third kappa shape index (κ3) is 3.71. The molecular formula is C21H19F4N3O4. The molecule has 7 nitrogen and oxygen atoms in total. The van der Waals surface area contributed by atoms with E-state index in [0.29, 0.717) is 5.56 Å². The molecule has 1 fully saturated rings. The number of alkyl halides is 2. The number of benzene rings is 1. The average molecular weight is 453 g/mol. The first-order chi connectivity index (χ1) is 15.0. The van der Waals surface area contributed by atoms with Crippen LogP contribution in [0.5, 0.6) is 5.75 Å². The number of carbonyl (C=O) groups excluding carboxylic acids is 2. The van der Waals surface area contributed by atoms with E-state index in [1.807, 2.05) is 0 Å². The van der Waals surface area contributed by atoms with E-state index in [2.05, 4.69) is 5.32 Å². The molecule has 2 bridgehead atoms. The van der Waals surface area contributed by atoms with Gasteiger partial charge in [0.2, 0.25) is 5.43 Å². The molecule has 2 aliphatic rings. The van der Waals surface area contributed by atoms with Crippen molar-refractivity contribution in [3.05, 3.63) is 62.6 Å². The van der Waals surface area contributed by atoms with E-state index in [1.165, 1.54) is 6.92 Å². The monoisotopic (exact) mass is 453 g/mol. The standard InChI is InChI=1S/C21H19F4N3O4/c1-10-4-14(22)12(15(23)5-10)7-26-19(31)13-9-28-11-6-21(24,25)2-3-27(8-11)20(32)16(28)18(30)17(13)29/h4-5,9,11,30H,2-3,6-8H2,1H3,(H,26,31)/t11-/m0/s1. The molecule has 2 aliphatic heterocycles. The smallest absolute Gasteiger partial charge is 0.274 e. The van der Waals surface area contributed by atoms with Crippen LogP contribution in [0.25, 0.3) is 0 Å². The van der Waals surface area contributed by atoms with Crippen LogP contribution in [0.15, 0.2) is 23.1 Å². The number of carbonyl (C=O) groups is 2. The summed E-state index contributed by atoms with van der Waals surface area (Å²) < 4.78 is 57.4. The Morgan fingerprint density at radius 1 is 1.25 bits per heavy atom.